The molecule has 1 aliphatic rings. The van der Waals surface area contributed by atoms with Gasteiger partial charge in [-0.15, -0.1) is 0 Å². The molecule has 6 nitrogen and oxygen atoms in total. The van der Waals surface area contributed by atoms with Crippen LogP contribution < -0.4 is 10.6 Å². The maximum atomic E-state index is 5.39. The van der Waals surface area contributed by atoms with Crippen molar-refractivity contribution in [3.05, 3.63) is 35.4 Å². The van der Waals surface area contributed by atoms with Crippen LogP contribution in [-0.2, 0) is 17.8 Å². The summed E-state index contributed by atoms with van der Waals surface area (Å²) >= 11 is 0. The molecule has 0 aliphatic carbocycles. The van der Waals surface area contributed by atoms with Gasteiger partial charge in [-0.3, -0.25) is 4.90 Å². The molecule has 0 bridgehead atoms. The molecule has 0 unspecified atom stereocenters. The van der Waals surface area contributed by atoms with Crippen LogP contribution in [0, 0.1) is 0 Å². The van der Waals surface area contributed by atoms with Gasteiger partial charge in [0.15, 0.2) is 5.96 Å². The van der Waals surface area contributed by atoms with Gasteiger partial charge < -0.3 is 20.3 Å². The molecule has 1 aliphatic heterocycles. The topological polar surface area (TPSA) is 52.1 Å². The fraction of sp³-hybridized carbons (Fsp3) is 0.650. The molecule has 0 radical (unpaired) electrons. The number of aliphatic imine (C=N–C) groups is 1. The summed E-state index contributed by atoms with van der Waals surface area (Å²) in [7, 11) is 4.18. The minimum Gasteiger partial charge on any atom is -0.379 e. The molecule has 146 valence electrons. The van der Waals surface area contributed by atoms with Crippen molar-refractivity contribution in [2.24, 2.45) is 4.99 Å². The molecular weight excluding hydrogens is 326 g/mol. The number of morpholine rings is 1. The second-order valence-corrected chi connectivity index (χ2v) is 6.98. The molecule has 1 fully saturated rings. The Morgan fingerprint density at radius 2 is 1.81 bits per heavy atom. The maximum absolute atomic E-state index is 5.39. The SMILES string of the molecule is CCNC(=NCc1ccc(CN(C)C)cc1)NCCCN1CCOCC1. The lowest BCUT2D eigenvalue weighted by Crippen LogP contribution is -2.40. The molecule has 0 atom stereocenters. The quantitative estimate of drug-likeness (QED) is 0.397. The predicted molar refractivity (Wildman–Crippen MR) is 109 cm³/mol. The van der Waals surface area contributed by atoms with Gasteiger partial charge in [0.1, 0.15) is 0 Å². The summed E-state index contributed by atoms with van der Waals surface area (Å²) in [5.41, 5.74) is 2.56. The summed E-state index contributed by atoms with van der Waals surface area (Å²) in [6.07, 6.45) is 1.11. The van der Waals surface area contributed by atoms with Crippen LogP contribution >= 0.6 is 0 Å². The van der Waals surface area contributed by atoms with Crippen LogP contribution in [0.1, 0.15) is 24.5 Å². The van der Waals surface area contributed by atoms with Crippen LogP contribution in [0.2, 0.25) is 0 Å². The van der Waals surface area contributed by atoms with E-state index < -0.39 is 0 Å². The van der Waals surface area contributed by atoms with Crippen molar-refractivity contribution >= 4 is 5.96 Å². The van der Waals surface area contributed by atoms with Crippen LogP contribution in [0.15, 0.2) is 29.3 Å². The van der Waals surface area contributed by atoms with Gasteiger partial charge in [-0.1, -0.05) is 24.3 Å². The predicted octanol–water partition coefficient (Wildman–Crippen LogP) is 1.53. The lowest BCUT2D eigenvalue weighted by molar-refractivity contribution is 0.0376. The van der Waals surface area contributed by atoms with Crippen molar-refractivity contribution in [1.29, 1.82) is 0 Å². The molecule has 0 amide bonds. The van der Waals surface area contributed by atoms with Gasteiger partial charge in [0.25, 0.3) is 0 Å². The van der Waals surface area contributed by atoms with Crippen molar-refractivity contribution in [2.75, 3.05) is 60.0 Å². The van der Waals surface area contributed by atoms with Gasteiger partial charge in [0.05, 0.1) is 19.8 Å². The Morgan fingerprint density at radius 3 is 2.46 bits per heavy atom. The van der Waals surface area contributed by atoms with Crippen molar-refractivity contribution in [3.8, 4) is 0 Å². The van der Waals surface area contributed by atoms with Gasteiger partial charge in [0.2, 0.25) is 0 Å². The first-order valence-corrected chi connectivity index (χ1v) is 9.72. The monoisotopic (exact) mass is 361 g/mol. The summed E-state index contributed by atoms with van der Waals surface area (Å²) in [5.74, 6) is 0.895. The van der Waals surface area contributed by atoms with E-state index in [9.17, 15) is 0 Å². The van der Waals surface area contributed by atoms with E-state index in [-0.39, 0.29) is 0 Å². The number of benzene rings is 1. The van der Waals surface area contributed by atoms with E-state index in [1.165, 1.54) is 11.1 Å². The molecule has 0 spiro atoms. The summed E-state index contributed by atoms with van der Waals surface area (Å²) in [6.45, 7) is 10.5. The van der Waals surface area contributed by atoms with Gasteiger partial charge in [-0.2, -0.15) is 0 Å². The minimum atomic E-state index is 0.695. The summed E-state index contributed by atoms with van der Waals surface area (Å²) < 4.78 is 5.39. The van der Waals surface area contributed by atoms with E-state index in [2.05, 4.69) is 65.7 Å². The van der Waals surface area contributed by atoms with Crippen LogP contribution in [0.25, 0.3) is 0 Å². The molecular formula is C20H35N5O. The zero-order valence-electron chi connectivity index (χ0n) is 16.6. The molecule has 1 heterocycles. The lowest BCUT2D eigenvalue weighted by Gasteiger charge is -2.26. The molecule has 0 aromatic heterocycles. The van der Waals surface area contributed by atoms with Gasteiger partial charge in [-0.05, 0) is 45.1 Å². The molecule has 1 saturated heterocycles. The van der Waals surface area contributed by atoms with Crippen LogP contribution in [0.4, 0.5) is 0 Å². The first kappa shape index (κ1) is 20.7. The van der Waals surface area contributed by atoms with Crippen LogP contribution in [0.5, 0.6) is 0 Å². The third-order valence-corrected chi connectivity index (χ3v) is 4.33. The van der Waals surface area contributed by atoms with E-state index in [1.807, 2.05) is 0 Å². The molecule has 1 aromatic carbocycles. The number of guanidine groups is 1. The summed E-state index contributed by atoms with van der Waals surface area (Å²) in [6, 6.07) is 8.72. The zero-order chi connectivity index (χ0) is 18.6. The second-order valence-electron chi connectivity index (χ2n) is 6.98. The number of rotatable bonds is 9. The highest BCUT2D eigenvalue weighted by atomic mass is 16.5. The number of hydrogen-bond acceptors (Lipinski definition) is 4. The normalized spacial score (nSPS) is 16.1. The van der Waals surface area contributed by atoms with Crippen LogP contribution in [0.3, 0.4) is 0 Å². The van der Waals surface area contributed by atoms with Gasteiger partial charge in [-0.25, -0.2) is 4.99 Å². The zero-order valence-corrected chi connectivity index (χ0v) is 16.6. The molecule has 0 saturated carbocycles. The number of hydrogen-bond donors (Lipinski definition) is 2. The smallest absolute Gasteiger partial charge is 0.191 e. The van der Waals surface area contributed by atoms with E-state index >= 15 is 0 Å². The number of nitrogens with zero attached hydrogens (tertiary/aromatic N) is 3. The van der Waals surface area contributed by atoms with E-state index in [1.54, 1.807) is 0 Å². The molecule has 2 N–H and O–H groups in total. The summed E-state index contributed by atoms with van der Waals surface area (Å²) in [5, 5.41) is 6.77. The highest BCUT2D eigenvalue weighted by Crippen LogP contribution is 2.07. The number of ether oxygens (including phenoxy) is 1. The van der Waals surface area contributed by atoms with E-state index in [0.29, 0.717) is 6.54 Å². The fourth-order valence-electron chi connectivity index (χ4n) is 2.96. The fourth-order valence-corrected chi connectivity index (χ4v) is 2.96. The Kier molecular flexibility index (Phi) is 9.45. The van der Waals surface area contributed by atoms with Crippen molar-refractivity contribution < 1.29 is 4.74 Å². The molecule has 26 heavy (non-hydrogen) atoms. The van der Waals surface area contributed by atoms with E-state index in [4.69, 9.17) is 9.73 Å². The average molecular weight is 362 g/mol. The Bertz CT molecular complexity index is 524. The van der Waals surface area contributed by atoms with Gasteiger partial charge >= 0.3 is 0 Å². The number of nitrogens with one attached hydrogen (secondary N) is 2. The first-order valence-electron chi connectivity index (χ1n) is 9.72. The van der Waals surface area contributed by atoms with Crippen LogP contribution in [-0.4, -0.2) is 75.8 Å². The molecule has 2 rings (SSSR count). The maximum Gasteiger partial charge on any atom is 0.191 e. The highest BCUT2D eigenvalue weighted by Gasteiger charge is 2.09. The van der Waals surface area contributed by atoms with Gasteiger partial charge in [0, 0.05) is 32.7 Å². The Morgan fingerprint density at radius 1 is 1.12 bits per heavy atom. The van der Waals surface area contributed by atoms with Crippen molar-refractivity contribution in [3.63, 3.8) is 0 Å². The largest absolute Gasteiger partial charge is 0.379 e. The second kappa shape index (κ2) is 11.9. The van der Waals surface area contributed by atoms with Crippen molar-refractivity contribution in [2.45, 2.75) is 26.4 Å². The summed E-state index contributed by atoms with van der Waals surface area (Å²) in [4.78, 5) is 9.35. The van der Waals surface area contributed by atoms with E-state index in [0.717, 1.165) is 64.9 Å². The Balaban J connectivity index is 1.74. The van der Waals surface area contributed by atoms with Crippen molar-refractivity contribution in [1.82, 2.24) is 20.4 Å². The minimum absolute atomic E-state index is 0.695. The molecule has 6 heteroatoms. The average Bonchev–Trinajstić information content (AvgIpc) is 2.64. The third kappa shape index (κ3) is 8.17. The third-order valence-electron chi connectivity index (χ3n) is 4.33. The standard InChI is InChI=1S/C20H35N5O/c1-4-21-20(22-10-5-11-25-12-14-26-15-13-25)23-16-18-6-8-19(9-7-18)17-24(2)3/h6-9H,4-5,10-17H2,1-3H3,(H2,21,22,23). The first-order chi connectivity index (χ1) is 12.7. The Labute approximate surface area is 158 Å². The highest BCUT2D eigenvalue weighted by molar-refractivity contribution is 5.79. The Hall–Kier alpha value is -1.63. The molecule has 1 aromatic rings. The lowest BCUT2D eigenvalue weighted by atomic mass is 10.1.